The fourth-order valence-electron chi connectivity index (χ4n) is 1.12. The van der Waals surface area contributed by atoms with E-state index in [1.165, 1.54) is 6.08 Å². The van der Waals surface area contributed by atoms with Gasteiger partial charge in [0.1, 0.15) is 4.58 Å². The molecular weight excluding hydrogens is 196 g/mol. The highest BCUT2D eigenvalue weighted by Gasteiger charge is 2.35. The van der Waals surface area contributed by atoms with Crippen LogP contribution in [0.5, 0.6) is 0 Å². The highest BCUT2D eigenvalue weighted by Crippen LogP contribution is 2.17. The van der Waals surface area contributed by atoms with Gasteiger partial charge >= 0.3 is 0 Å². The molecule has 1 rings (SSSR count). The Morgan fingerprint density at radius 3 is 2.33 bits per heavy atom. The predicted molar refractivity (Wildman–Crippen MR) is 50.6 cm³/mol. The van der Waals surface area contributed by atoms with Crippen molar-refractivity contribution < 1.29 is 13.5 Å². The van der Waals surface area contributed by atoms with Crippen molar-refractivity contribution in [1.29, 1.82) is 0 Å². The SMILES string of the molecule is C/C=C/[C@H](O)C1[S@](=O)CC[S@@]1=O. The third-order valence-corrected chi connectivity index (χ3v) is 6.03. The molecule has 0 aromatic carbocycles. The summed E-state index contributed by atoms with van der Waals surface area (Å²) in [5, 5.41) is 9.42. The van der Waals surface area contributed by atoms with E-state index in [9.17, 15) is 13.5 Å². The van der Waals surface area contributed by atoms with Gasteiger partial charge in [0.25, 0.3) is 0 Å². The first kappa shape index (κ1) is 10.1. The lowest BCUT2D eigenvalue weighted by atomic mass is 10.4. The summed E-state index contributed by atoms with van der Waals surface area (Å²) in [6, 6.07) is 0. The van der Waals surface area contributed by atoms with E-state index in [1.54, 1.807) is 13.0 Å². The molecule has 1 heterocycles. The second-order valence-electron chi connectivity index (χ2n) is 2.55. The third-order valence-electron chi connectivity index (χ3n) is 1.67. The maximum atomic E-state index is 11.2. The molecular formula is C7H12O3S2. The molecule has 1 saturated heterocycles. The smallest absolute Gasteiger partial charge is 0.139 e. The van der Waals surface area contributed by atoms with Gasteiger partial charge in [0, 0.05) is 33.1 Å². The molecule has 0 saturated carbocycles. The molecule has 5 heteroatoms. The summed E-state index contributed by atoms with van der Waals surface area (Å²) < 4.78 is 21.9. The van der Waals surface area contributed by atoms with Gasteiger partial charge in [0.2, 0.25) is 0 Å². The molecule has 0 aromatic rings. The summed E-state index contributed by atoms with van der Waals surface area (Å²) in [7, 11) is -2.25. The van der Waals surface area contributed by atoms with Crippen LogP contribution in [0.25, 0.3) is 0 Å². The van der Waals surface area contributed by atoms with E-state index in [1.807, 2.05) is 0 Å². The highest BCUT2D eigenvalue weighted by atomic mass is 32.3. The van der Waals surface area contributed by atoms with E-state index in [4.69, 9.17) is 0 Å². The standard InChI is InChI=1S/C7H12O3S2/c1-2-3-6(8)7-11(9)4-5-12(7)10/h2-3,6-8H,4-5H2,1H3/b3-2+/t6-,7?,11-,12+/m0/s1. The molecule has 1 N–H and O–H groups in total. The van der Waals surface area contributed by atoms with E-state index >= 15 is 0 Å². The molecule has 0 radical (unpaired) electrons. The molecule has 1 fully saturated rings. The van der Waals surface area contributed by atoms with E-state index in [0.29, 0.717) is 11.5 Å². The summed E-state index contributed by atoms with van der Waals surface area (Å²) in [5.74, 6) is 0.901. The van der Waals surface area contributed by atoms with Crippen LogP contribution in [0, 0.1) is 0 Å². The molecule has 4 atom stereocenters. The lowest BCUT2D eigenvalue weighted by Crippen LogP contribution is -2.28. The molecule has 3 nitrogen and oxygen atoms in total. The molecule has 70 valence electrons. The zero-order chi connectivity index (χ0) is 9.14. The number of allylic oxidation sites excluding steroid dienone is 1. The fraction of sp³-hybridized carbons (Fsp3) is 0.714. The van der Waals surface area contributed by atoms with E-state index in [-0.39, 0.29) is 0 Å². The normalized spacial score (nSPS) is 39.0. The summed E-state index contributed by atoms with van der Waals surface area (Å²) in [6.45, 7) is 1.77. The largest absolute Gasteiger partial charge is 0.387 e. The lowest BCUT2D eigenvalue weighted by Gasteiger charge is -2.10. The van der Waals surface area contributed by atoms with Crippen molar-refractivity contribution in [1.82, 2.24) is 0 Å². The highest BCUT2D eigenvalue weighted by molar-refractivity contribution is 8.06. The van der Waals surface area contributed by atoms with Crippen LogP contribution in [0.3, 0.4) is 0 Å². The Hall–Kier alpha value is -0.0000000000000000555. The molecule has 1 aliphatic heterocycles. The van der Waals surface area contributed by atoms with Crippen LogP contribution >= 0.6 is 0 Å². The summed E-state index contributed by atoms with van der Waals surface area (Å²) in [6.07, 6.45) is 2.39. The average Bonchev–Trinajstić information content (AvgIpc) is 2.32. The zero-order valence-electron chi connectivity index (χ0n) is 6.80. The first-order valence-corrected chi connectivity index (χ1v) is 6.48. The maximum Gasteiger partial charge on any atom is 0.139 e. The van der Waals surface area contributed by atoms with Gasteiger partial charge in [-0.25, -0.2) is 0 Å². The Kier molecular flexibility index (Phi) is 3.61. The Morgan fingerprint density at radius 1 is 1.42 bits per heavy atom. The van der Waals surface area contributed by atoms with Crippen LogP contribution < -0.4 is 0 Å². The Labute approximate surface area is 76.8 Å². The minimum absolute atomic E-state index is 0.450. The second kappa shape index (κ2) is 4.30. The minimum atomic E-state index is -1.12. The summed E-state index contributed by atoms with van der Waals surface area (Å²) >= 11 is 0. The van der Waals surface area contributed by atoms with E-state index < -0.39 is 32.3 Å². The zero-order valence-corrected chi connectivity index (χ0v) is 8.44. The van der Waals surface area contributed by atoms with Crippen molar-refractivity contribution in [2.45, 2.75) is 17.6 Å². The number of aliphatic hydroxyl groups excluding tert-OH is 1. The number of hydrogen-bond acceptors (Lipinski definition) is 3. The van der Waals surface area contributed by atoms with Gasteiger partial charge in [-0.2, -0.15) is 0 Å². The molecule has 1 unspecified atom stereocenters. The minimum Gasteiger partial charge on any atom is -0.387 e. The second-order valence-corrected chi connectivity index (χ2v) is 6.21. The topological polar surface area (TPSA) is 54.4 Å². The average molecular weight is 208 g/mol. The molecule has 0 amide bonds. The van der Waals surface area contributed by atoms with Crippen molar-refractivity contribution in [2.24, 2.45) is 0 Å². The summed E-state index contributed by atoms with van der Waals surface area (Å²) in [5.41, 5.74) is 0. The third kappa shape index (κ3) is 2.02. The first-order chi connectivity index (χ1) is 5.66. The Morgan fingerprint density at radius 2 is 1.92 bits per heavy atom. The van der Waals surface area contributed by atoms with Gasteiger partial charge in [-0.15, -0.1) is 0 Å². The monoisotopic (exact) mass is 208 g/mol. The van der Waals surface area contributed by atoms with Gasteiger partial charge in [-0.05, 0) is 6.92 Å². The molecule has 0 spiro atoms. The first-order valence-electron chi connectivity index (χ1n) is 3.72. The van der Waals surface area contributed by atoms with Crippen molar-refractivity contribution in [3.05, 3.63) is 12.2 Å². The van der Waals surface area contributed by atoms with E-state index in [0.717, 1.165) is 0 Å². The molecule has 0 bridgehead atoms. The fourth-order valence-corrected chi connectivity index (χ4v) is 5.23. The molecule has 0 aliphatic carbocycles. The van der Waals surface area contributed by atoms with Crippen molar-refractivity contribution in [2.75, 3.05) is 11.5 Å². The maximum absolute atomic E-state index is 11.2. The molecule has 12 heavy (non-hydrogen) atoms. The van der Waals surface area contributed by atoms with Gasteiger partial charge in [0.15, 0.2) is 0 Å². The van der Waals surface area contributed by atoms with Gasteiger partial charge in [-0.3, -0.25) is 8.42 Å². The predicted octanol–water partition coefficient (Wildman–Crippen LogP) is -0.239. The van der Waals surface area contributed by atoms with Gasteiger partial charge < -0.3 is 5.11 Å². The number of aliphatic hydroxyl groups is 1. The quantitative estimate of drug-likeness (QED) is 0.637. The van der Waals surface area contributed by atoms with Crippen LogP contribution in [0.2, 0.25) is 0 Å². The molecule has 0 aromatic heterocycles. The van der Waals surface area contributed by atoms with E-state index in [2.05, 4.69) is 0 Å². The van der Waals surface area contributed by atoms with Gasteiger partial charge in [0.05, 0.1) is 6.10 Å². The number of hydrogen-bond donors (Lipinski definition) is 1. The van der Waals surface area contributed by atoms with Crippen LogP contribution in [-0.4, -0.2) is 35.7 Å². The van der Waals surface area contributed by atoms with Gasteiger partial charge in [-0.1, -0.05) is 12.2 Å². The van der Waals surface area contributed by atoms with Crippen LogP contribution in [0.15, 0.2) is 12.2 Å². The lowest BCUT2D eigenvalue weighted by molar-refractivity contribution is 0.239. The number of rotatable bonds is 2. The molecule has 1 aliphatic rings. The van der Waals surface area contributed by atoms with Crippen molar-refractivity contribution in [3.8, 4) is 0 Å². The van der Waals surface area contributed by atoms with Crippen LogP contribution in [-0.2, 0) is 21.6 Å². The summed E-state index contributed by atoms with van der Waals surface area (Å²) in [4.78, 5) is 0. The van der Waals surface area contributed by atoms with Crippen molar-refractivity contribution >= 4 is 21.6 Å². The Bertz CT molecular complexity index is 221. The van der Waals surface area contributed by atoms with Crippen LogP contribution in [0.4, 0.5) is 0 Å². The van der Waals surface area contributed by atoms with Crippen LogP contribution in [0.1, 0.15) is 6.92 Å². The van der Waals surface area contributed by atoms with Crippen molar-refractivity contribution in [3.63, 3.8) is 0 Å². The Balaban J connectivity index is 2.72.